The molecule has 3 rings (SSSR count). The quantitative estimate of drug-likeness (QED) is 0.786. The molecule has 2 heterocycles. The number of aromatic nitrogens is 1. The molecule has 148 valence electrons. The predicted molar refractivity (Wildman–Crippen MR) is 110 cm³/mol. The van der Waals surface area contributed by atoms with E-state index >= 15 is 0 Å². The number of piperazine rings is 1. The van der Waals surface area contributed by atoms with E-state index in [0.29, 0.717) is 36.9 Å². The molecule has 9 heteroatoms. The highest BCUT2D eigenvalue weighted by molar-refractivity contribution is 5.91. The smallest absolute Gasteiger partial charge is 0.322 e. The zero-order valence-electron chi connectivity index (χ0n) is 15.0. The maximum absolute atomic E-state index is 12.7. The molecule has 1 aliphatic heterocycles. The lowest BCUT2D eigenvalue weighted by atomic mass is 10.2. The first-order valence-corrected chi connectivity index (χ1v) is 8.22. The molecule has 27 heavy (non-hydrogen) atoms. The van der Waals surface area contributed by atoms with Gasteiger partial charge in [0.25, 0.3) is 0 Å². The molecule has 1 fully saturated rings. The van der Waals surface area contributed by atoms with Crippen LogP contribution in [0, 0.1) is 0 Å². The van der Waals surface area contributed by atoms with E-state index in [9.17, 15) is 4.79 Å². The largest absolute Gasteiger partial charge is 0.495 e. The van der Waals surface area contributed by atoms with E-state index in [4.69, 9.17) is 9.47 Å². The number of ether oxygens (including phenoxy) is 2. The van der Waals surface area contributed by atoms with E-state index in [1.54, 1.807) is 24.4 Å². The van der Waals surface area contributed by atoms with Crippen molar-refractivity contribution < 1.29 is 14.3 Å². The van der Waals surface area contributed by atoms with E-state index in [1.807, 2.05) is 36.4 Å². The van der Waals surface area contributed by atoms with Crippen LogP contribution in [-0.2, 0) is 0 Å². The molecule has 2 N–H and O–H groups in total. The van der Waals surface area contributed by atoms with Crippen molar-refractivity contribution in [2.24, 2.45) is 0 Å². The fraction of sp³-hybridized carbons (Fsp3) is 0.333. The molecule has 1 atom stereocenters. The minimum atomic E-state index is -0.161. The first-order valence-electron chi connectivity index (χ1n) is 8.22. The number of anilines is 1. The topological polar surface area (TPSA) is 75.7 Å². The number of carbonyl (C=O) groups is 1. The van der Waals surface area contributed by atoms with Crippen LogP contribution >= 0.6 is 24.8 Å². The summed E-state index contributed by atoms with van der Waals surface area (Å²) in [4.78, 5) is 18.5. The molecule has 2 aromatic rings. The van der Waals surface area contributed by atoms with Crippen LogP contribution in [0.15, 0.2) is 48.8 Å². The number of hydrogen-bond acceptors (Lipinski definition) is 5. The molecule has 1 saturated heterocycles. The van der Waals surface area contributed by atoms with Crippen LogP contribution in [0.1, 0.15) is 0 Å². The van der Waals surface area contributed by atoms with Gasteiger partial charge in [0.1, 0.15) is 18.1 Å². The second kappa shape index (κ2) is 11.5. The van der Waals surface area contributed by atoms with Gasteiger partial charge in [-0.05, 0) is 24.3 Å². The number of carbonyl (C=O) groups excluding carboxylic acids is 1. The Kier molecular flexibility index (Phi) is 9.71. The van der Waals surface area contributed by atoms with Crippen LogP contribution in [0.25, 0.3) is 0 Å². The molecular formula is C18H24Cl2N4O3. The Morgan fingerprint density at radius 1 is 1.30 bits per heavy atom. The number of halogens is 2. The summed E-state index contributed by atoms with van der Waals surface area (Å²) in [6, 6.07) is 10.8. The molecule has 1 aliphatic rings. The molecule has 0 aliphatic carbocycles. The van der Waals surface area contributed by atoms with Crippen molar-refractivity contribution in [2.75, 3.05) is 38.7 Å². The summed E-state index contributed by atoms with van der Waals surface area (Å²) in [6.07, 6.45) is 3.36. The molecule has 0 bridgehead atoms. The van der Waals surface area contributed by atoms with Crippen molar-refractivity contribution in [3.05, 3.63) is 48.8 Å². The van der Waals surface area contributed by atoms with Crippen LogP contribution in [0.4, 0.5) is 10.5 Å². The maximum atomic E-state index is 12.7. The highest BCUT2D eigenvalue weighted by Crippen LogP contribution is 2.23. The van der Waals surface area contributed by atoms with Crippen molar-refractivity contribution in [3.8, 4) is 11.5 Å². The summed E-state index contributed by atoms with van der Waals surface area (Å²) in [6.45, 7) is 2.45. The first kappa shape index (κ1) is 22.8. The average Bonchev–Trinajstić information content (AvgIpc) is 2.68. The van der Waals surface area contributed by atoms with Crippen molar-refractivity contribution in [2.45, 2.75) is 6.04 Å². The molecular weight excluding hydrogens is 391 g/mol. The first-order chi connectivity index (χ1) is 12.3. The summed E-state index contributed by atoms with van der Waals surface area (Å²) in [5.74, 6) is 1.33. The predicted octanol–water partition coefficient (Wildman–Crippen LogP) is 2.82. The number of nitrogens with zero attached hydrogens (tertiary/aromatic N) is 2. The minimum absolute atomic E-state index is 0. The summed E-state index contributed by atoms with van der Waals surface area (Å²) >= 11 is 0. The van der Waals surface area contributed by atoms with Crippen LogP contribution in [0.5, 0.6) is 11.5 Å². The Labute approximate surface area is 171 Å². The summed E-state index contributed by atoms with van der Waals surface area (Å²) in [5, 5.41) is 6.23. The zero-order chi connectivity index (χ0) is 17.5. The lowest BCUT2D eigenvalue weighted by Crippen LogP contribution is -2.57. The van der Waals surface area contributed by atoms with Gasteiger partial charge < -0.3 is 25.0 Å². The Hall–Kier alpha value is -2.22. The second-order valence-electron chi connectivity index (χ2n) is 5.68. The molecule has 0 saturated carbocycles. The fourth-order valence-electron chi connectivity index (χ4n) is 2.74. The number of amides is 2. The number of urea groups is 1. The summed E-state index contributed by atoms with van der Waals surface area (Å²) in [5.41, 5.74) is 0.653. The molecule has 1 aromatic carbocycles. The van der Waals surface area contributed by atoms with Crippen molar-refractivity contribution in [1.29, 1.82) is 0 Å². The zero-order valence-corrected chi connectivity index (χ0v) is 16.6. The van der Waals surface area contributed by atoms with Gasteiger partial charge in [-0.2, -0.15) is 0 Å². The third kappa shape index (κ3) is 6.16. The van der Waals surface area contributed by atoms with Gasteiger partial charge in [-0.25, -0.2) is 4.79 Å². The molecule has 1 unspecified atom stereocenters. The third-order valence-electron chi connectivity index (χ3n) is 4.04. The van der Waals surface area contributed by atoms with Gasteiger partial charge in [-0.3, -0.25) is 4.98 Å². The SMILES string of the molecule is COc1ccccc1NC(=O)N1CCNCC1COc1cccnc1.Cl.Cl. The van der Waals surface area contributed by atoms with E-state index in [-0.39, 0.29) is 36.9 Å². The normalized spacial score (nSPS) is 15.7. The number of hydrogen-bond donors (Lipinski definition) is 2. The number of pyridine rings is 1. The van der Waals surface area contributed by atoms with Crippen molar-refractivity contribution in [3.63, 3.8) is 0 Å². The monoisotopic (exact) mass is 414 g/mol. The number of rotatable bonds is 5. The summed E-state index contributed by atoms with van der Waals surface area (Å²) in [7, 11) is 1.58. The van der Waals surface area contributed by atoms with Gasteiger partial charge in [0, 0.05) is 25.8 Å². The fourth-order valence-corrected chi connectivity index (χ4v) is 2.74. The van der Waals surface area contributed by atoms with E-state index in [0.717, 1.165) is 6.54 Å². The molecule has 1 aromatic heterocycles. The van der Waals surface area contributed by atoms with Crippen LogP contribution in [0.3, 0.4) is 0 Å². The molecule has 0 spiro atoms. The Morgan fingerprint density at radius 2 is 2.11 bits per heavy atom. The van der Waals surface area contributed by atoms with Crippen molar-refractivity contribution in [1.82, 2.24) is 15.2 Å². The van der Waals surface area contributed by atoms with E-state index < -0.39 is 0 Å². The number of methoxy groups -OCH3 is 1. The standard InChI is InChI=1S/C18H22N4O3.2ClH/c1-24-17-7-3-2-6-16(17)21-18(23)22-10-9-20-11-14(22)13-25-15-5-4-8-19-12-15;;/h2-8,12,14,20H,9-11,13H2,1H3,(H,21,23);2*1H. The van der Waals surface area contributed by atoms with Gasteiger partial charge in [0.2, 0.25) is 0 Å². The Morgan fingerprint density at radius 3 is 2.85 bits per heavy atom. The van der Waals surface area contributed by atoms with Crippen LogP contribution < -0.4 is 20.1 Å². The Balaban J connectivity index is 0.00000182. The van der Waals surface area contributed by atoms with Gasteiger partial charge in [0.05, 0.1) is 25.0 Å². The highest BCUT2D eigenvalue weighted by atomic mass is 35.5. The van der Waals surface area contributed by atoms with Crippen molar-refractivity contribution >= 4 is 36.5 Å². The van der Waals surface area contributed by atoms with E-state index in [1.165, 1.54) is 0 Å². The number of benzene rings is 1. The van der Waals surface area contributed by atoms with E-state index in [2.05, 4.69) is 15.6 Å². The number of para-hydroxylation sites is 2. The third-order valence-corrected chi connectivity index (χ3v) is 4.04. The average molecular weight is 415 g/mol. The molecule has 2 amide bonds. The maximum Gasteiger partial charge on any atom is 0.322 e. The van der Waals surface area contributed by atoms with Gasteiger partial charge in [0.15, 0.2) is 0 Å². The lowest BCUT2D eigenvalue weighted by Gasteiger charge is -2.36. The summed E-state index contributed by atoms with van der Waals surface area (Å²) < 4.78 is 11.1. The second-order valence-corrected chi connectivity index (χ2v) is 5.68. The van der Waals surface area contributed by atoms with Gasteiger partial charge in [-0.1, -0.05) is 12.1 Å². The Bertz CT molecular complexity index is 706. The minimum Gasteiger partial charge on any atom is -0.495 e. The number of nitrogens with one attached hydrogen (secondary N) is 2. The van der Waals surface area contributed by atoms with Gasteiger partial charge >= 0.3 is 6.03 Å². The molecule has 0 radical (unpaired) electrons. The highest BCUT2D eigenvalue weighted by Gasteiger charge is 2.27. The molecule has 7 nitrogen and oxygen atoms in total. The lowest BCUT2D eigenvalue weighted by molar-refractivity contribution is 0.132. The van der Waals surface area contributed by atoms with Gasteiger partial charge in [-0.15, -0.1) is 24.8 Å². The van der Waals surface area contributed by atoms with Crippen LogP contribution in [-0.4, -0.2) is 55.3 Å². The van der Waals surface area contributed by atoms with Crippen LogP contribution in [0.2, 0.25) is 0 Å².